The van der Waals surface area contributed by atoms with Gasteiger partial charge in [0.05, 0.1) is 17.6 Å². The van der Waals surface area contributed by atoms with E-state index in [1.807, 2.05) is 6.92 Å². The van der Waals surface area contributed by atoms with E-state index in [0.29, 0.717) is 18.0 Å². The first-order valence-electron chi connectivity index (χ1n) is 4.28. The summed E-state index contributed by atoms with van der Waals surface area (Å²) < 4.78 is 5.16. The summed E-state index contributed by atoms with van der Waals surface area (Å²) in [6.45, 7) is 2.33. The van der Waals surface area contributed by atoms with Gasteiger partial charge in [-0.1, -0.05) is 0 Å². The van der Waals surface area contributed by atoms with E-state index in [1.54, 1.807) is 19.2 Å². The number of benzene rings is 1. The minimum atomic E-state index is -0.436. The summed E-state index contributed by atoms with van der Waals surface area (Å²) in [6, 6.07) is 4.74. The zero-order valence-electron chi connectivity index (χ0n) is 8.11. The molecule has 0 aliphatic carbocycles. The lowest BCUT2D eigenvalue weighted by atomic mass is 10.2. The number of nitrogens with one attached hydrogen (secondary N) is 1. The molecule has 0 aliphatic rings. The predicted molar refractivity (Wildman–Crippen MR) is 53.8 cm³/mol. The molecular weight excluding hydrogens is 184 g/mol. The lowest BCUT2D eigenvalue weighted by molar-refractivity contribution is -0.384. The molecule has 0 unspecified atom stereocenters. The van der Waals surface area contributed by atoms with Crippen LogP contribution >= 0.6 is 0 Å². The second kappa shape index (κ2) is 4.45. The molecule has 0 radical (unpaired) electrons. The average molecular weight is 196 g/mol. The summed E-state index contributed by atoms with van der Waals surface area (Å²) in [6.07, 6.45) is 0. The summed E-state index contributed by atoms with van der Waals surface area (Å²) in [4.78, 5) is 10.2. The normalized spacial score (nSPS) is 9.57. The van der Waals surface area contributed by atoms with Crippen LogP contribution in [0.15, 0.2) is 18.2 Å². The fraction of sp³-hybridized carbons (Fsp3) is 0.333. The number of nitrogens with zero attached hydrogens (tertiary/aromatic N) is 1. The first-order valence-corrected chi connectivity index (χ1v) is 4.28. The van der Waals surface area contributed by atoms with Gasteiger partial charge in [-0.15, -0.1) is 0 Å². The quantitative estimate of drug-likeness (QED) is 0.591. The molecule has 0 aromatic heterocycles. The van der Waals surface area contributed by atoms with Gasteiger partial charge in [-0.05, 0) is 19.1 Å². The highest BCUT2D eigenvalue weighted by molar-refractivity contribution is 5.63. The number of rotatable bonds is 4. The molecule has 0 amide bonds. The van der Waals surface area contributed by atoms with Crippen molar-refractivity contribution in [2.45, 2.75) is 6.92 Å². The highest BCUT2D eigenvalue weighted by Gasteiger charge is 2.13. The predicted octanol–water partition coefficient (Wildman–Crippen LogP) is 2.04. The first kappa shape index (κ1) is 10.3. The van der Waals surface area contributed by atoms with Gasteiger partial charge in [-0.2, -0.15) is 0 Å². The third-order valence-electron chi connectivity index (χ3n) is 1.75. The number of nitro groups is 1. The molecule has 0 saturated heterocycles. The van der Waals surface area contributed by atoms with E-state index in [1.165, 1.54) is 6.07 Å². The maximum atomic E-state index is 10.6. The standard InChI is InChI=1S/C9H12N2O3/c1-3-14-7-4-5-8(10-2)9(6-7)11(12)13/h4-6,10H,3H2,1-2H3. The van der Waals surface area contributed by atoms with E-state index in [9.17, 15) is 10.1 Å². The van der Waals surface area contributed by atoms with Crippen molar-refractivity contribution in [3.05, 3.63) is 28.3 Å². The Kier molecular flexibility index (Phi) is 3.28. The number of nitro benzene ring substituents is 1. The van der Waals surface area contributed by atoms with Crippen molar-refractivity contribution in [3.63, 3.8) is 0 Å². The van der Waals surface area contributed by atoms with E-state index < -0.39 is 4.92 Å². The molecule has 5 heteroatoms. The van der Waals surface area contributed by atoms with Crippen LogP contribution in [0.4, 0.5) is 11.4 Å². The Labute approximate surface area is 81.8 Å². The van der Waals surface area contributed by atoms with E-state index in [-0.39, 0.29) is 5.69 Å². The largest absolute Gasteiger partial charge is 0.494 e. The number of ether oxygens (including phenoxy) is 1. The smallest absolute Gasteiger partial charge is 0.296 e. The van der Waals surface area contributed by atoms with Gasteiger partial charge in [0.2, 0.25) is 0 Å². The molecule has 0 aliphatic heterocycles. The molecule has 5 nitrogen and oxygen atoms in total. The van der Waals surface area contributed by atoms with Gasteiger partial charge in [0.15, 0.2) is 0 Å². The Hall–Kier alpha value is -1.78. The topological polar surface area (TPSA) is 64.4 Å². The van der Waals surface area contributed by atoms with Crippen LogP contribution in [-0.2, 0) is 0 Å². The van der Waals surface area contributed by atoms with Gasteiger partial charge in [0.25, 0.3) is 5.69 Å². The zero-order valence-corrected chi connectivity index (χ0v) is 8.11. The van der Waals surface area contributed by atoms with Crippen molar-refractivity contribution < 1.29 is 9.66 Å². The fourth-order valence-corrected chi connectivity index (χ4v) is 1.13. The molecule has 0 heterocycles. The van der Waals surface area contributed by atoms with Crippen LogP contribution in [0.2, 0.25) is 0 Å². The fourth-order valence-electron chi connectivity index (χ4n) is 1.13. The van der Waals surface area contributed by atoms with Crippen LogP contribution in [0.1, 0.15) is 6.92 Å². The molecule has 14 heavy (non-hydrogen) atoms. The van der Waals surface area contributed by atoms with Gasteiger partial charge >= 0.3 is 0 Å². The summed E-state index contributed by atoms with van der Waals surface area (Å²) in [5.41, 5.74) is 0.511. The Morgan fingerprint density at radius 2 is 2.29 bits per heavy atom. The minimum Gasteiger partial charge on any atom is -0.494 e. The number of hydrogen-bond acceptors (Lipinski definition) is 4. The Bertz CT molecular complexity index is 339. The van der Waals surface area contributed by atoms with Crippen LogP contribution < -0.4 is 10.1 Å². The Balaban J connectivity index is 3.07. The van der Waals surface area contributed by atoms with Crippen LogP contribution in [0.5, 0.6) is 5.75 Å². The molecule has 1 N–H and O–H groups in total. The maximum absolute atomic E-state index is 10.6. The molecule has 1 rings (SSSR count). The highest BCUT2D eigenvalue weighted by atomic mass is 16.6. The van der Waals surface area contributed by atoms with Crippen molar-refractivity contribution in [3.8, 4) is 5.75 Å². The van der Waals surface area contributed by atoms with Crippen molar-refractivity contribution in [1.82, 2.24) is 0 Å². The van der Waals surface area contributed by atoms with Crippen molar-refractivity contribution in [1.29, 1.82) is 0 Å². The molecular formula is C9H12N2O3. The van der Waals surface area contributed by atoms with Crippen molar-refractivity contribution in [2.24, 2.45) is 0 Å². The van der Waals surface area contributed by atoms with Gasteiger partial charge in [-0.3, -0.25) is 10.1 Å². The summed E-state index contributed by atoms with van der Waals surface area (Å²) in [7, 11) is 1.64. The number of hydrogen-bond donors (Lipinski definition) is 1. The summed E-state index contributed by atoms with van der Waals surface area (Å²) >= 11 is 0. The van der Waals surface area contributed by atoms with Crippen molar-refractivity contribution in [2.75, 3.05) is 19.0 Å². The summed E-state index contributed by atoms with van der Waals surface area (Å²) in [5.74, 6) is 0.512. The molecule has 1 aromatic carbocycles. The van der Waals surface area contributed by atoms with Gasteiger partial charge in [0.1, 0.15) is 11.4 Å². The third-order valence-corrected chi connectivity index (χ3v) is 1.75. The van der Waals surface area contributed by atoms with Gasteiger partial charge in [-0.25, -0.2) is 0 Å². The lowest BCUT2D eigenvalue weighted by Crippen LogP contribution is -1.98. The van der Waals surface area contributed by atoms with Crippen LogP contribution in [0.25, 0.3) is 0 Å². The second-order valence-electron chi connectivity index (χ2n) is 2.62. The van der Waals surface area contributed by atoms with E-state index in [0.717, 1.165) is 0 Å². The molecule has 76 valence electrons. The lowest BCUT2D eigenvalue weighted by Gasteiger charge is -2.05. The first-order chi connectivity index (χ1) is 6.69. The Morgan fingerprint density at radius 1 is 1.57 bits per heavy atom. The average Bonchev–Trinajstić information content (AvgIpc) is 2.18. The van der Waals surface area contributed by atoms with E-state index >= 15 is 0 Å². The molecule has 1 aromatic rings. The molecule has 0 bridgehead atoms. The van der Waals surface area contributed by atoms with Crippen molar-refractivity contribution >= 4 is 11.4 Å². The third kappa shape index (κ3) is 2.12. The monoisotopic (exact) mass is 196 g/mol. The zero-order chi connectivity index (χ0) is 10.6. The molecule has 0 fully saturated rings. The SMILES string of the molecule is CCOc1ccc(NC)c([N+](=O)[O-])c1. The highest BCUT2D eigenvalue weighted by Crippen LogP contribution is 2.28. The molecule has 0 atom stereocenters. The molecule has 0 spiro atoms. The van der Waals surface area contributed by atoms with Crippen LogP contribution in [0, 0.1) is 10.1 Å². The van der Waals surface area contributed by atoms with Crippen LogP contribution in [0.3, 0.4) is 0 Å². The van der Waals surface area contributed by atoms with Gasteiger partial charge < -0.3 is 10.1 Å². The second-order valence-corrected chi connectivity index (χ2v) is 2.62. The Morgan fingerprint density at radius 3 is 2.79 bits per heavy atom. The number of anilines is 1. The van der Waals surface area contributed by atoms with Crippen LogP contribution in [-0.4, -0.2) is 18.6 Å². The van der Waals surface area contributed by atoms with E-state index in [2.05, 4.69) is 5.32 Å². The van der Waals surface area contributed by atoms with Gasteiger partial charge in [0, 0.05) is 7.05 Å². The molecule has 0 saturated carbocycles. The minimum absolute atomic E-state index is 0.0263. The van der Waals surface area contributed by atoms with E-state index in [4.69, 9.17) is 4.74 Å². The maximum Gasteiger partial charge on any atom is 0.296 e. The summed E-state index contributed by atoms with van der Waals surface area (Å²) in [5, 5.41) is 13.4.